The molecule has 1 aromatic carbocycles. The Bertz CT molecular complexity index is 1650. The summed E-state index contributed by atoms with van der Waals surface area (Å²) in [6.45, 7) is 13.7. The molecule has 4 aromatic rings. The largest absolute Gasteiger partial charge is 0.538 e. The van der Waals surface area contributed by atoms with Gasteiger partial charge in [0, 0.05) is 55.3 Å². The number of nitrogens with one attached hydrogen (secondary N) is 1. The van der Waals surface area contributed by atoms with E-state index in [-0.39, 0.29) is 28.3 Å². The van der Waals surface area contributed by atoms with E-state index in [9.17, 15) is 5.02 Å². The molecule has 0 saturated carbocycles. The quantitative estimate of drug-likeness (QED) is 0.294. The second kappa shape index (κ2) is 11.8. The molecule has 3 aromatic heterocycles. The summed E-state index contributed by atoms with van der Waals surface area (Å²) in [6.07, 6.45) is 4.32. The molecule has 6 rings (SSSR count). The predicted molar refractivity (Wildman–Crippen MR) is 163 cm³/mol. The monoisotopic (exact) mass is 590 g/mol. The van der Waals surface area contributed by atoms with Gasteiger partial charge in [0.05, 0.1) is 17.4 Å². The van der Waals surface area contributed by atoms with Crippen LogP contribution in [0, 0.1) is 18.6 Å². The van der Waals surface area contributed by atoms with E-state index in [0.717, 1.165) is 56.6 Å². The van der Waals surface area contributed by atoms with E-state index in [1.807, 2.05) is 32.3 Å². The number of fused-ring (bicyclic) bond motifs is 2. The lowest BCUT2D eigenvalue weighted by molar-refractivity contribution is 0.208. The van der Waals surface area contributed by atoms with Gasteiger partial charge in [-0.3, -0.25) is 4.90 Å². The van der Waals surface area contributed by atoms with Gasteiger partial charge in [0.2, 0.25) is 5.95 Å². The summed E-state index contributed by atoms with van der Waals surface area (Å²) in [5, 5.41) is 12.7. The van der Waals surface area contributed by atoms with Crippen LogP contribution in [0.1, 0.15) is 50.7 Å². The van der Waals surface area contributed by atoms with Crippen LogP contribution in [0.2, 0.25) is 0 Å². The second-order valence-electron chi connectivity index (χ2n) is 12.3. The first-order chi connectivity index (χ1) is 20.6. The Morgan fingerprint density at radius 1 is 1.00 bits per heavy atom. The molecular weight excluding hydrogens is 553 g/mol. The lowest BCUT2D eigenvalue weighted by atomic mass is 10.0. The van der Waals surface area contributed by atoms with Crippen LogP contribution in [0.5, 0.6) is 5.75 Å². The Hall–Kier alpha value is -3.68. The Kier molecular flexibility index (Phi) is 8.05. The van der Waals surface area contributed by atoms with Gasteiger partial charge >= 0.3 is 7.69 Å². The van der Waals surface area contributed by atoms with Gasteiger partial charge in [-0.15, -0.1) is 0 Å². The van der Waals surface area contributed by atoms with Gasteiger partial charge in [0.15, 0.2) is 11.6 Å². The number of hydrogen-bond donors (Lipinski definition) is 2. The van der Waals surface area contributed by atoms with Crippen LogP contribution in [0.15, 0.2) is 24.4 Å². The molecular formula is C30H37BF2N8O2. The van der Waals surface area contributed by atoms with Crippen molar-refractivity contribution in [1.29, 1.82) is 0 Å². The van der Waals surface area contributed by atoms with E-state index >= 15 is 8.78 Å². The third kappa shape index (κ3) is 6.06. The molecule has 0 radical (unpaired) electrons. The molecule has 2 aliphatic rings. The smallest absolute Gasteiger partial charge is 0.504 e. The maximum Gasteiger partial charge on any atom is 0.504 e. The number of pyridine rings is 1. The number of aryl methyl sites for hydroxylation is 1. The minimum absolute atomic E-state index is 0.0453. The van der Waals surface area contributed by atoms with Gasteiger partial charge in [-0.25, -0.2) is 28.7 Å². The number of hydrogen-bond acceptors (Lipinski definition) is 9. The maximum atomic E-state index is 15.2. The topological polar surface area (TPSA) is 104 Å². The minimum Gasteiger partial charge on any atom is -0.538 e. The molecule has 0 aliphatic carbocycles. The first kappa shape index (κ1) is 29.4. The summed E-state index contributed by atoms with van der Waals surface area (Å²) >= 11 is 0. The molecule has 43 heavy (non-hydrogen) atoms. The summed E-state index contributed by atoms with van der Waals surface area (Å²) in [7, 11) is -0.473. The SMILES string of the molecule is Cc1nc2c(F)cc(-c3nc(Nc4cc(OBO)c5c(n4)CCN(CCN4CCCC4)C5)ncc3F)cc2n1C(C)(C)C. The minimum atomic E-state index is -0.681. The number of anilines is 2. The van der Waals surface area contributed by atoms with Crippen molar-refractivity contribution in [3.8, 4) is 17.0 Å². The molecule has 2 N–H and O–H groups in total. The van der Waals surface area contributed by atoms with Crippen molar-refractivity contribution >= 4 is 30.5 Å². The molecule has 0 amide bonds. The summed E-state index contributed by atoms with van der Waals surface area (Å²) < 4.78 is 37.8. The lowest BCUT2D eigenvalue weighted by Crippen LogP contribution is -2.37. The lowest BCUT2D eigenvalue weighted by Gasteiger charge is -2.31. The summed E-state index contributed by atoms with van der Waals surface area (Å²) in [5.74, 6) is 0.471. The number of likely N-dealkylation sites (tertiary alicyclic amines) is 1. The molecule has 226 valence electrons. The highest BCUT2D eigenvalue weighted by molar-refractivity contribution is 6.17. The molecule has 0 atom stereocenters. The summed E-state index contributed by atoms with van der Waals surface area (Å²) in [5.41, 5.74) is 2.47. The molecule has 0 bridgehead atoms. The molecule has 1 fully saturated rings. The number of rotatable bonds is 8. The van der Waals surface area contributed by atoms with Crippen LogP contribution >= 0.6 is 0 Å². The van der Waals surface area contributed by atoms with Crippen molar-refractivity contribution < 1.29 is 18.5 Å². The molecule has 0 unspecified atom stereocenters. The van der Waals surface area contributed by atoms with E-state index in [0.29, 0.717) is 29.5 Å². The zero-order chi connectivity index (χ0) is 30.3. The highest BCUT2D eigenvalue weighted by Gasteiger charge is 2.25. The third-order valence-corrected chi connectivity index (χ3v) is 8.18. The van der Waals surface area contributed by atoms with Crippen LogP contribution < -0.4 is 9.97 Å². The van der Waals surface area contributed by atoms with Gasteiger partial charge in [0.1, 0.15) is 28.6 Å². The number of benzene rings is 1. The highest BCUT2D eigenvalue weighted by Crippen LogP contribution is 2.33. The van der Waals surface area contributed by atoms with Gasteiger partial charge in [-0.05, 0) is 65.8 Å². The zero-order valence-corrected chi connectivity index (χ0v) is 25.1. The standard InChI is InChI=1S/C30H37BF2N8O2/c1-18-35-28-21(32)13-19(14-24(28)41(18)30(2,3)4)27-22(33)16-34-29(38-27)37-26-15-25(43-31-42)20-17-40(10-7-23(20)36-26)12-11-39-8-5-6-9-39/h13-16,31,42H,5-12,17H2,1-4H3,(H,34,36,37,38). The third-order valence-electron chi connectivity index (χ3n) is 8.18. The Morgan fingerprint density at radius 3 is 2.51 bits per heavy atom. The fourth-order valence-electron chi connectivity index (χ4n) is 6.26. The first-order valence-corrected chi connectivity index (χ1v) is 14.8. The number of imidazole rings is 1. The van der Waals surface area contributed by atoms with Gasteiger partial charge in [0.25, 0.3) is 0 Å². The van der Waals surface area contributed by atoms with Gasteiger partial charge in [-0.1, -0.05) is 0 Å². The maximum absolute atomic E-state index is 15.2. The molecule has 1 saturated heterocycles. The average Bonchev–Trinajstić information content (AvgIpc) is 3.60. The number of halogens is 2. The van der Waals surface area contributed by atoms with Gasteiger partial charge in [-0.2, -0.15) is 0 Å². The van der Waals surface area contributed by atoms with Gasteiger partial charge < -0.3 is 24.5 Å². The predicted octanol–water partition coefficient (Wildman–Crippen LogP) is 4.07. The van der Waals surface area contributed by atoms with Crippen molar-refractivity contribution in [1.82, 2.24) is 34.3 Å². The van der Waals surface area contributed by atoms with Crippen LogP contribution in [-0.2, 0) is 18.5 Å². The summed E-state index contributed by atoms with van der Waals surface area (Å²) in [4.78, 5) is 22.6. The molecule has 13 heteroatoms. The molecule has 2 aliphatic heterocycles. The van der Waals surface area contributed by atoms with Crippen molar-refractivity contribution in [2.75, 3.05) is 38.0 Å². The number of aromatic nitrogens is 5. The summed E-state index contributed by atoms with van der Waals surface area (Å²) in [6, 6.07) is 4.65. The molecule has 0 spiro atoms. The van der Waals surface area contributed by atoms with Crippen molar-refractivity contribution in [2.45, 2.75) is 59.0 Å². The van der Waals surface area contributed by atoms with Crippen LogP contribution in [-0.4, -0.2) is 79.7 Å². The molecule has 10 nitrogen and oxygen atoms in total. The van der Waals surface area contributed by atoms with Crippen LogP contribution in [0.4, 0.5) is 20.5 Å². The zero-order valence-electron chi connectivity index (χ0n) is 25.1. The first-order valence-electron chi connectivity index (χ1n) is 14.8. The Morgan fingerprint density at radius 2 is 1.77 bits per heavy atom. The van der Waals surface area contributed by atoms with E-state index in [4.69, 9.17) is 9.64 Å². The van der Waals surface area contributed by atoms with Crippen molar-refractivity contribution in [2.24, 2.45) is 0 Å². The Balaban J connectivity index is 1.28. The fraction of sp³-hybridized carbons (Fsp3) is 0.467. The normalized spacial score (nSPS) is 16.1. The average molecular weight is 590 g/mol. The van der Waals surface area contributed by atoms with Crippen LogP contribution in [0.25, 0.3) is 22.3 Å². The van der Waals surface area contributed by atoms with E-state index in [1.165, 1.54) is 18.9 Å². The second-order valence-corrected chi connectivity index (χ2v) is 12.3. The highest BCUT2D eigenvalue weighted by atomic mass is 19.1. The number of nitrogens with zero attached hydrogens (tertiary/aromatic N) is 7. The van der Waals surface area contributed by atoms with E-state index < -0.39 is 19.3 Å². The molecule has 5 heterocycles. The van der Waals surface area contributed by atoms with E-state index in [1.54, 1.807) is 12.1 Å². The fourth-order valence-corrected chi connectivity index (χ4v) is 6.26. The van der Waals surface area contributed by atoms with Crippen molar-refractivity contribution in [3.05, 3.63) is 53.1 Å². The van der Waals surface area contributed by atoms with Crippen LogP contribution in [0.3, 0.4) is 0 Å². The van der Waals surface area contributed by atoms with E-state index in [2.05, 4.69) is 30.1 Å². The Labute approximate surface area is 250 Å². The van der Waals surface area contributed by atoms with Crippen molar-refractivity contribution in [3.63, 3.8) is 0 Å².